The quantitative estimate of drug-likeness (QED) is 0.848. The molecule has 22 heavy (non-hydrogen) atoms. The molecule has 1 N–H and O–H groups in total. The molecule has 2 rings (SSSR count). The highest BCUT2D eigenvalue weighted by Crippen LogP contribution is 2.22. The van der Waals surface area contributed by atoms with E-state index in [1.54, 1.807) is 11.8 Å². The van der Waals surface area contributed by atoms with Gasteiger partial charge in [-0.3, -0.25) is 9.59 Å². The molecule has 0 aliphatic heterocycles. The van der Waals surface area contributed by atoms with Crippen LogP contribution in [-0.4, -0.2) is 23.3 Å². The highest BCUT2D eigenvalue weighted by molar-refractivity contribution is 5.93. The van der Waals surface area contributed by atoms with E-state index in [0.29, 0.717) is 13.1 Å². The molecule has 0 heterocycles. The van der Waals surface area contributed by atoms with Crippen molar-refractivity contribution >= 4 is 17.5 Å². The number of para-hydroxylation sites is 1. The summed E-state index contributed by atoms with van der Waals surface area (Å²) < 4.78 is 0. The molecule has 4 heteroatoms. The lowest BCUT2D eigenvalue weighted by Crippen LogP contribution is -2.29. The highest BCUT2D eigenvalue weighted by Gasteiger charge is 2.20. The molecule has 0 bridgehead atoms. The lowest BCUT2D eigenvalue weighted by atomic mass is 9.93. The molecule has 1 aliphatic rings. The van der Waals surface area contributed by atoms with Gasteiger partial charge in [0.1, 0.15) is 0 Å². The largest absolute Gasteiger partial charge is 0.339 e. The molecular formula is C18H24N2O2. The Labute approximate surface area is 132 Å². The van der Waals surface area contributed by atoms with Crippen molar-refractivity contribution in [3.63, 3.8) is 0 Å². The molecule has 118 valence electrons. The smallest absolute Gasteiger partial charge is 0.227 e. The fourth-order valence-corrected chi connectivity index (χ4v) is 2.70. The maximum absolute atomic E-state index is 12.4. The van der Waals surface area contributed by atoms with Crippen LogP contribution >= 0.6 is 0 Å². The van der Waals surface area contributed by atoms with Crippen molar-refractivity contribution in [2.24, 2.45) is 5.92 Å². The third-order valence-electron chi connectivity index (χ3n) is 4.10. The Bertz CT molecular complexity index is 566. The number of rotatable bonds is 5. The van der Waals surface area contributed by atoms with Gasteiger partial charge in [0.05, 0.1) is 0 Å². The molecule has 0 spiro atoms. The zero-order chi connectivity index (χ0) is 15.9. The van der Waals surface area contributed by atoms with Gasteiger partial charge in [0.2, 0.25) is 11.8 Å². The number of amides is 2. The van der Waals surface area contributed by atoms with Gasteiger partial charge in [-0.05, 0) is 37.8 Å². The van der Waals surface area contributed by atoms with Gasteiger partial charge in [-0.1, -0.05) is 30.4 Å². The second-order valence-corrected chi connectivity index (χ2v) is 5.66. The lowest BCUT2D eigenvalue weighted by Gasteiger charge is -2.22. The van der Waals surface area contributed by atoms with Crippen molar-refractivity contribution < 1.29 is 9.59 Å². The van der Waals surface area contributed by atoms with E-state index >= 15 is 0 Å². The number of hydrogen-bond donors (Lipinski definition) is 1. The van der Waals surface area contributed by atoms with Crippen LogP contribution in [0.3, 0.4) is 0 Å². The molecule has 4 nitrogen and oxygen atoms in total. The van der Waals surface area contributed by atoms with Crippen LogP contribution in [0.4, 0.5) is 5.69 Å². The molecule has 0 saturated heterocycles. The number of carbonyl (C=O) groups is 2. The van der Waals surface area contributed by atoms with E-state index in [4.69, 9.17) is 0 Å². The average molecular weight is 300 g/mol. The summed E-state index contributed by atoms with van der Waals surface area (Å²) in [5, 5.41) is 3.04. The fourth-order valence-electron chi connectivity index (χ4n) is 2.70. The Balaban J connectivity index is 2.09. The summed E-state index contributed by atoms with van der Waals surface area (Å²) in [6.45, 7) is 4.70. The fraction of sp³-hybridized carbons (Fsp3) is 0.444. The van der Waals surface area contributed by atoms with Crippen molar-refractivity contribution in [3.05, 3.63) is 42.0 Å². The van der Waals surface area contributed by atoms with Crippen LogP contribution < -0.4 is 5.32 Å². The van der Waals surface area contributed by atoms with Crippen molar-refractivity contribution in [3.8, 4) is 0 Å². The molecule has 0 unspecified atom stereocenters. The molecule has 1 aliphatic carbocycles. The maximum Gasteiger partial charge on any atom is 0.227 e. The molecule has 0 saturated carbocycles. The summed E-state index contributed by atoms with van der Waals surface area (Å²) >= 11 is 0. The van der Waals surface area contributed by atoms with Crippen LogP contribution in [0.1, 0.15) is 38.7 Å². The van der Waals surface area contributed by atoms with Crippen LogP contribution in [-0.2, 0) is 16.1 Å². The van der Waals surface area contributed by atoms with E-state index in [-0.39, 0.29) is 17.7 Å². The second-order valence-electron chi connectivity index (χ2n) is 5.66. The summed E-state index contributed by atoms with van der Waals surface area (Å²) in [6, 6.07) is 7.70. The number of nitrogens with zero attached hydrogens (tertiary/aromatic N) is 1. The van der Waals surface area contributed by atoms with Crippen LogP contribution in [0.2, 0.25) is 0 Å². The summed E-state index contributed by atoms with van der Waals surface area (Å²) in [6.07, 6.45) is 6.88. The number of hydrogen-bond acceptors (Lipinski definition) is 2. The summed E-state index contributed by atoms with van der Waals surface area (Å²) in [7, 11) is 0. The first-order chi connectivity index (χ1) is 10.6. The van der Waals surface area contributed by atoms with Gasteiger partial charge in [-0.2, -0.15) is 0 Å². The highest BCUT2D eigenvalue weighted by atomic mass is 16.2. The Morgan fingerprint density at radius 3 is 2.68 bits per heavy atom. The minimum Gasteiger partial charge on any atom is -0.339 e. The van der Waals surface area contributed by atoms with Crippen LogP contribution in [0, 0.1) is 5.92 Å². The van der Waals surface area contributed by atoms with Crippen molar-refractivity contribution in [1.29, 1.82) is 0 Å². The predicted molar refractivity (Wildman–Crippen MR) is 88.3 cm³/mol. The van der Waals surface area contributed by atoms with Crippen LogP contribution in [0.25, 0.3) is 0 Å². The molecule has 1 atom stereocenters. The number of carbonyl (C=O) groups excluding carboxylic acids is 2. The average Bonchev–Trinajstić information content (AvgIpc) is 2.54. The normalized spacial score (nSPS) is 17.1. The standard InChI is InChI=1S/C18H24N2O2/c1-3-20(14(2)21)13-16-11-7-8-12-17(16)19-18(22)15-9-5-4-6-10-15/h4-5,7-8,11-12,15H,3,6,9-10,13H2,1-2H3,(H,19,22)/t15-/m1/s1. The Hall–Kier alpha value is -2.10. The van der Waals surface area contributed by atoms with Crippen molar-refractivity contribution in [2.45, 2.75) is 39.7 Å². The maximum atomic E-state index is 12.4. The van der Waals surface area contributed by atoms with E-state index in [2.05, 4.69) is 17.5 Å². The number of allylic oxidation sites excluding steroid dienone is 2. The SMILES string of the molecule is CCN(Cc1ccccc1NC(=O)[C@@H]1CC=CCC1)C(C)=O. The van der Waals surface area contributed by atoms with Gasteiger partial charge >= 0.3 is 0 Å². The molecule has 0 fully saturated rings. The monoisotopic (exact) mass is 300 g/mol. The first kappa shape index (κ1) is 16.3. The third-order valence-corrected chi connectivity index (χ3v) is 4.10. The zero-order valence-electron chi connectivity index (χ0n) is 13.3. The van der Waals surface area contributed by atoms with Crippen LogP contribution in [0.15, 0.2) is 36.4 Å². The third kappa shape index (κ3) is 4.20. The molecule has 1 aromatic rings. The van der Waals surface area contributed by atoms with Crippen LogP contribution in [0.5, 0.6) is 0 Å². The first-order valence-corrected chi connectivity index (χ1v) is 7.91. The predicted octanol–water partition coefficient (Wildman–Crippen LogP) is 3.35. The summed E-state index contributed by atoms with van der Waals surface area (Å²) in [4.78, 5) is 25.7. The van der Waals surface area contributed by atoms with Crippen molar-refractivity contribution in [1.82, 2.24) is 4.90 Å². The van der Waals surface area contributed by atoms with Gasteiger partial charge < -0.3 is 10.2 Å². The van der Waals surface area contributed by atoms with Crippen molar-refractivity contribution in [2.75, 3.05) is 11.9 Å². The molecule has 0 radical (unpaired) electrons. The van der Waals surface area contributed by atoms with Gasteiger partial charge in [-0.15, -0.1) is 0 Å². The number of nitrogens with one attached hydrogen (secondary N) is 1. The van der Waals surface area contributed by atoms with Gasteiger partial charge in [0.25, 0.3) is 0 Å². The van der Waals surface area contributed by atoms with Gasteiger partial charge in [0.15, 0.2) is 0 Å². The van der Waals surface area contributed by atoms with E-state index in [0.717, 1.165) is 30.5 Å². The Morgan fingerprint density at radius 2 is 2.05 bits per heavy atom. The molecular weight excluding hydrogens is 276 g/mol. The summed E-state index contributed by atoms with van der Waals surface area (Å²) in [5.74, 6) is 0.164. The summed E-state index contributed by atoms with van der Waals surface area (Å²) in [5.41, 5.74) is 1.78. The van der Waals surface area contributed by atoms with E-state index in [1.807, 2.05) is 31.2 Å². The van der Waals surface area contributed by atoms with E-state index < -0.39 is 0 Å². The van der Waals surface area contributed by atoms with E-state index in [9.17, 15) is 9.59 Å². The minimum atomic E-state index is 0.0426. The molecule has 1 aromatic carbocycles. The number of anilines is 1. The topological polar surface area (TPSA) is 49.4 Å². The minimum absolute atomic E-state index is 0.0426. The lowest BCUT2D eigenvalue weighted by molar-refractivity contribution is -0.129. The van der Waals surface area contributed by atoms with Gasteiger partial charge in [-0.25, -0.2) is 0 Å². The molecule has 0 aromatic heterocycles. The number of benzene rings is 1. The second kappa shape index (κ2) is 7.78. The zero-order valence-corrected chi connectivity index (χ0v) is 13.3. The Morgan fingerprint density at radius 1 is 1.27 bits per heavy atom. The van der Waals surface area contributed by atoms with E-state index in [1.165, 1.54) is 0 Å². The Kier molecular flexibility index (Phi) is 5.75. The van der Waals surface area contributed by atoms with Gasteiger partial charge in [0, 0.05) is 31.6 Å². The first-order valence-electron chi connectivity index (χ1n) is 7.91. The molecule has 2 amide bonds.